The van der Waals surface area contributed by atoms with Crippen LogP contribution in [0.15, 0.2) is 0 Å². The van der Waals surface area contributed by atoms with E-state index in [1.807, 2.05) is 25.7 Å². The molecule has 0 unspecified atom stereocenters. The molecule has 1 rings (SSSR count). The Hall–Kier alpha value is -0.300. The summed E-state index contributed by atoms with van der Waals surface area (Å²) in [5, 5.41) is 0. The zero-order valence-corrected chi connectivity index (χ0v) is 10.6. The first-order valence-corrected chi connectivity index (χ1v) is 7.67. The topological polar surface area (TPSA) is 37.4 Å². The summed E-state index contributed by atoms with van der Waals surface area (Å²) in [6, 6.07) is 0. The average Bonchev–Trinajstić information content (AvgIpc) is 2.26. The van der Waals surface area contributed by atoms with Crippen LogP contribution in [0.25, 0.3) is 0 Å². The van der Waals surface area contributed by atoms with Gasteiger partial charge in [0.15, 0.2) is 0 Å². The zero-order valence-electron chi connectivity index (χ0n) is 9.70. The minimum atomic E-state index is -2.27. The number of likely N-dealkylation sites (tertiary alicyclic amines) is 1. The van der Waals surface area contributed by atoms with E-state index in [1.54, 1.807) is 13.3 Å². The molecule has 1 atom stereocenters. The molecular weight excluding hydrogens is 197 g/mol. The standard InChI is InChI=1S/C10H20NO2P/c1-10(2,3)11-7-6-8(9(11)12)14(4,5)13/h8H,6-7H2,1-5H3/t8-/m1/s1. The van der Waals surface area contributed by atoms with Crippen LogP contribution in [-0.4, -0.2) is 41.9 Å². The molecule has 4 heteroatoms. The van der Waals surface area contributed by atoms with Gasteiger partial charge < -0.3 is 9.46 Å². The van der Waals surface area contributed by atoms with E-state index in [2.05, 4.69) is 0 Å². The molecule has 14 heavy (non-hydrogen) atoms. The van der Waals surface area contributed by atoms with E-state index in [1.165, 1.54) is 0 Å². The van der Waals surface area contributed by atoms with Gasteiger partial charge in [-0.15, -0.1) is 0 Å². The fraction of sp³-hybridized carbons (Fsp3) is 0.900. The van der Waals surface area contributed by atoms with Gasteiger partial charge in [0, 0.05) is 12.1 Å². The van der Waals surface area contributed by atoms with Crippen LogP contribution in [0, 0.1) is 0 Å². The van der Waals surface area contributed by atoms with Crippen molar-refractivity contribution < 1.29 is 9.36 Å². The van der Waals surface area contributed by atoms with Crippen molar-refractivity contribution in [3.05, 3.63) is 0 Å². The van der Waals surface area contributed by atoms with Crippen LogP contribution in [0.5, 0.6) is 0 Å². The minimum Gasteiger partial charge on any atom is -0.337 e. The summed E-state index contributed by atoms with van der Waals surface area (Å²) in [7, 11) is -2.27. The molecule has 82 valence electrons. The number of amides is 1. The highest BCUT2D eigenvalue weighted by atomic mass is 31.2. The summed E-state index contributed by atoms with van der Waals surface area (Å²) in [6.07, 6.45) is 0.750. The molecule has 0 bridgehead atoms. The highest BCUT2D eigenvalue weighted by Crippen LogP contribution is 2.48. The summed E-state index contributed by atoms with van der Waals surface area (Å²) in [6.45, 7) is 10.2. The van der Waals surface area contributed by atoms with Gasteiger partial charge in [-0.2, -0.15) is 0 Å². The molecule has 0 saturated carbocycles. The van der Waals surface area contributed by atoms with Crippen molar-refractivity contribution >= 4 is 13.0 Å². The smallest absolute Gasteiger partial charge is 0.233 e. The molecule has 1 aliphatic rings. The van der Waals surface area contributed by atoms with Crippen molar-refractivity contribution in [1.82, 2.24) is 4.90 Å². The molecule has 0 N–H and O–H groups in total. The van der Waals surface area contributed by atoms with E-state index in [0.717, 1.165) is 13.0 Å². The van der Waals surface area contributed by atoms with Crippen LogP contribution in [0.3, 0.4) is 0 Å². The van der Waals surface area contributed by atoms with E-state index in [0.29, 0.717) is 0 Å². The Kier molecular flexibility index (Phi) is 2.84. The predicted molar refractivity (Wildman–Crippen MR) is 59.3 cm³/mol. The second-order valence-corrected chi connectivity index (χ2v) is 8.89. The summed E-state index contributed by atoms with van der Waals surface area (Å²) in [4.78, 5) is 13.8. The molecule has 0 aliphatic carbocycles. The van der Waals surface area contributed by atoms with Crippen molar-refractivity contribution in [2.45, 2.75) is 38.4 Å². The number of nitrogens with zero attached hydrogens (tertiary/aromatic N) is 1. The molecular formula is C10H20NO2P. The zero-order chi connectivity index (χ0) is 11.1. The first kappa shape index (κ1) is 11.8. The lowest BCUT2D eigenvalue weighted by molar-refractivity contribution is -0.131. The average molecular weight is 217 g/mol. The molecule has 1 aliphatic heterocycles. The van der Waals surface area contributed by atoms with Gasteiger partial charge in [0.2, 0.25) is 5.91 Å². The van der Waals surface area contributed by atoms with Gasteiger partial charge in [0.05, 0.1) is 12.8 Å². The molecule has 3 nitrogen and oxygen atoms in total. The second kappa shape index (κ2) is 3.37. The highest BCUT2D eigenvalue weighted by molar-refractivity contribution is 7.64. The first-order valence-electron chi connectivity index (χ1n) is 5.00. The van der Waals surface area contributed by atoms with E-state index in [4.69, 9.17) is 0 Å². The summed E-state index contributed by atoms with van der Waals surface area (Å²) >= 11 is 0. The minimum absolute atomic E-state index is 0.0748. The Morgan fingerprint density at radius 1 is 1.36 bits per heavy atom. The molecule has 0 aromatic rings. The Labute approximate surface area is 86.2 Å². The first-order chi connectivity index (χ1) is 6.14. The van der Waals surface area contributed by atoms with Crippen LogP contribution in [0.1, 0.15) is 27.2 Å². The van der Waals surface area contributed by atoms with Gasteiger partial charge in [0.25, 0.3) is 0 Å². The monoisotopic (exact) mass is 217 g/mol. The maximum Gasteiger partial charge on any atom is 0.233 e. The van der Waals surface area contributed by atoms with E-state index < -0.39 is 7.14 Å². The second-order valence-electron chi connectivity index (χ2n) is 5.40. The Morgan fingerprint density at radius 3 is 2.07 bits per heavy atom. The van der Waals surface area contributed by atoms with E-state index >= 15 is 0 Å². The highest BCUT2D eigenvalue weighted by Gasteiger charge is 2.42. The molecule has 0 spiro atoms. The van der Waals surface area contributed by atoms with Gasteiger partial charge in [-0.05, 0) is 40.5 Å². The third-order valence-corrected chi connectivity index (χ3v) is 4.72. The lowest BCUT2D eigenvalue weighted by Gasteiger charge is -2.32. The maximum atomic E-state index is 12.0. The lowest BCUT2D eigenvalue weighted by Crippen LogP contribution is -2.43. The fourth-order valence-corrected chi connectivity index (χ4v) is 3.32. The number of carbonyl (C=O) groups excluding carboxylic acids is 1. The van der Waals surface area contributed by atoms with E-state index in [9.17, 15) is 9.36 Å². The quantitative estimate of drug-likeness (QED) is 0.630. The van der Waals surface area contributed by atoms with Crippen molar-refractivity contribution in [3.8, 4) is 0 Å². The lowest BCUT2D eigenvalue weighted by atomic mass is 10.1. The van der Waals surface area contributed by atoms with Gasteiger partial charge in [-0.25, -0.2) is 0 Å². The summed E-state index contributed by atoms with van der Waals surface area (Å²) < 4.78 is 11.9. The fourth-order valence-electron chi connectivity index (χ4n) is 1.91. The maximum absolute atomic E-state index is 12.0. The molecule has 1 amide bonds. The normalized spacial score (nSPS) is 24.5. The largest absolute Gasteiger partial charge is 0.337 e. The molecule has 0 radical (unpaired) electrons. The third kappa shape index (κ3) is 2.20. The number of rotatable bonds is 1. The van der Waals surface area contributed by atoms with Gasteiger partial charge in [0.1, 0.15) is 0 Å². The number of hydrogen-bond acceptors (Lipinski definition) is 2. The number of hydrogen-bond donors (Lipinski definition) is 0. The third-order valence-electron chi connectivity index (χ3n) is 2.74. The molecule has 0 aromatic carbocycles. The predicted octanol–water partition coefficient (Wildman–Crippen LogP) is 2.01. The van der Waals surface area contributed by atoms with Crippen LogP contribution in [0.4, 0.5) is 0 Å². The molecule has 1 fully saturated rings. The van der Waals surface area contributed by atoms with Crippen molar-refractivity contribution in [2.75, 3.05) is 19.9 Å². The summed E-state index contributed by atoms with van der Waals surface area (Å²) in [5.41, 5.74) is -0.372. The van der Waals surface area contributed by atoms with Gasteiger partial charge >= 0.3 is 0 Å². The SMILES string of the molecule is CC(C)(C)N1CC[C@@H](P(C)(C)=O)C1=O. The summed E-state index contributed by atoms with van der Waals surface area (Å²) in [5.74, 6) is 0.0748. The molecule has 0 aromatic heterocycles. The number of carbonyl (C=O) groups is 1. The Bertz CT molecular complexity index is 287. The van der Waals surface area contributed by atoms with E-state index in [-0.39, 0.29) is 17.1 Å². The molecule has 1 saturated heterocycles. The van der Waals surface area contributed by atoms with Crippen LogP contribution in [0.2, 0.25) is 0 Å². The van der Waals surface area contributed by atoms with Crippen LogP contribution in [-0.2, 0) is 9.36 Å². The van der Waals surface area contributed by atoms with Crippen molar-refractivity contribution in [2.24, 2.45) is 0 Å². The molecule has 1 heterocycles. The van der Waals surface area contributed by atoms with Crippen molar-refractivity contribution in [1.29, 1.82) is 0 Å². The van der Waals surface area contributed by atoms with Crippen LogP contribution >= 0.6 is 7.14 Å². The van der Waals surface area contributed by atoms with Crippen LogP contribution < -0.4 is 0 Å². The van der Waals surface area contributed by atoms with Gasteiger partial charge in [-0.1, -0.05) is 0 Å². The Balaban J connectivity index is 2.86. The van der Waals surface area contributed by atoms with Gasteiger partial charge in [-0.3, -0.25) is 4.79 Å². The van der Waals surface area contributed by atoms with Crippen molar-refractivity contribution in [3.63, 3.8) is 0 Å². The Morgan fingerprint density at radius 2 is 1.86 bits per heavy atom.